The van der Waals surface area contributed by atoms with E-state index in [0.29, 0.717) is 5.41 Å². The van der Waals surface area contributed by atoms with Crippen molar-refractivity contribution in [1.29, 1.82) is 0 Å². The average Bonchev–Trinajstić information content (AvgIpc) is 2.28. The lowest BCUT2D eigenvalue weighted by Crippen LogP contribution is -2.40. The Kier molecular flexibility index (Phi) is 6.36. The van der Waals surface area contributed by atoms with Gasteiger partial charge in [0.25, 0.3) is 0 Å². The first-order valence-corrected chi connectivity index (χ1v) is 7.93. The SMILES string of the molecule is CCCC(CS)CN(C)C1CCC(C)(C)CC1. The maximum absolute atomic E-state index is 4.49. The fourth-order valence-electron chi connectivity index (χ4n) is 3.03. The van der Waals surface area contributed by atoms with E-state index < -0.39 is 0 Å². The quantitative estimate of drug-likeness (QED) is 0.697. The molecule has 0 heterocycles. The Hall–Kier alpha value is 0.310. The molecule has 0 aromatic carbocycles. The minimum atomic E-state index is 0.587. The van der Waals surface area contributed by atoms with Gasteiger partial charge >= 0.3 is 0 Å². The molecule has 0 amide bonds. The molecule has 0 radical (unpaired) electrons. The average molecular weight is 257 g/mol. The van der Waals surface area contributed by atoms with E-state index in [1.165, 1.54) is 45.1 Å². The normalized spacial score (nSPS) is 22.9. The number of rotatable bonds is 6. The van der Waals surface area contributed by atoms with Gasteiger partial charge in [0.05, 0.1) is 0 Å². The van der Waals surface area contributed by atoms with Crippen molar-refractivity contribution in [1.82, 2.24) is 4.90 Å². The second-order valence-electron chi connectivity index (χ2n) is 6.67. The summed E-state index contributed by atoms with van der Waals surface area (Å²) in [7, 11) is 2.31. The molecule has 1 unspecified atom stereocenters. The van der Waals surface area contributed by atoms with Crippen molar-refractivity contribution in [3.63, 3.8) is 0 Å². The van der Waals surface area contributed by atoms with E-state index >= 15 is 0 Å². The maximum atomic E-state index is 4.49. The van der Waals surface area contributed by atoms with Crippen LogP contribution in [0, 0.1) is 11.3 Å². The summed E-state index contributed by atoms with van der Waals surface area (Å²) in [6, 6.07) is 0.822. The third-order valence-corrected chi connectivity index (χ3v) is 4.95. The van der Waals surface area contributed by atoms with E-state index in [1.807, 2.05) is 0 Å². The van der Waals surface area contributed by atoms with Gasteiger partial charge in [-0.2, -0.15) is 12.6 Å². The van der Waals surface area contributed by atoms with Crippen LogP contribution in [0.4, 0.5) is 0 Å². The molecular formula is C15H31NS. The standard InChI is InChI=1S/C15H31NS/c1-5-6-13(12-17)11-16(4)14-7-9-15(2,3)10-8-14/h13-14,17H,5-12H2,1-4H3. The highest BCUT2D eigenvalue weighted by atomic mass is 32.1. The van der Waals surface area contributed by atoms with E-state index in [-0.39, 0.29) is 0 Å². The lowest BCUT2D eigenvalue weighted by molar-refractivity contribution is 0.116. The molecule has 1 aliphatic carbocycles. The Morgan fingerprint density at radius 3 is 2.35 bits per heavy atom. The lowest BCUT2D eigenvalue weighted by Gasteiger charge is -2.39. The highest BCUT2D eigenvalue weighted by Gasteiger charge is 2.29. The molecular weight excluding hydrogens is 226 g/mol. The van der Waals surface area contributed by atoms with Crippen molar-refractivity contribution < 1.29 is 0 Å². The summed E-state index contributed by atoms with van der Waals surface area (Å²) >= 11 is 4.49. The first-order chi connectivity index (χ1) is 7.98. The minimum absolute atomic E-state index is 0.587. The van der Waals surface area contributed by atoms with Crippen molar-refractivity contribution in [2.24, 2.45) is 11.3 Å². The summed E-state index contributed by atoms with van der Waals surface area (Å²) in [5.74, 6) is 1.82. The highest BCUT2D eigenvalue weighted by molar-refractivity contribution is 7.80. The highest BCUT2D eigenvalue weighted by Crippen LogP contribution is 2.36. The number of hydrogen-bond donors (Lipinski definition) is 1. The van der Waals surface area contributed by atoms with Crippen molar-refractivity contribution >= 4 is 12.6 Å². The molecule has 0 bridgehead atoms. The van der Waals surface area contributed by atoms with Gasteiger partial charge in [0.15, 0.2) is 0 Å². The summed E-state index contributed by atoms with van der Waals surface area (Å²) < 4.78 is 0. The molecule has 0 spiro atoms. The molecule has 1 rings (SSSR count). The summed E-state index contributed by atoms with van der Waals surface area (Å²) in [6.07, 6.45) is 8.16. The van der Waals surface area contributed by atoms with Gasteiger partial charge in [0.2, 0.25) is 0 Å². The van der Waals surface area contributed by atoms with Crippen molar-refractivity contribution in [2.45, 2.75) is 65.3 Å². The Morgan fingerprint density at radius 1 is 1.29 bits per heavy atom. The fourth-order valence-corrected chi connectivity index (χ4v) is 3.33. The Morgan fingerprint density at radius 2 is 1.88 bits per heavy atom. The summed E-state index contributed by atoms with van der Waals surface area (Å²) in [5.41, 5.74) is 0.587. The summed E-state index contributed by atoms with van der Waals surface area (Å²) in [4.78, 5) is 2.60. The smallest absolute Gasteiger partial charge is 0.00927 e. The third-order valence-electron chi connectivity index (χ3n) is 4.43. The van der Waals surface area contributed by atoms with E-state index in [9.17, 15) is 0 Å². The van der Waals surface area contributed by atoms with Gasteiger partial charge in [-0.15, -0.1) is 0 Å². The monoisotopic (exact) mass is 257 g/mol. The molecule has 102 valence electrons. The van der Waals surface area contributed by atoms with Gasteiger partial charge in [-0.1, -0.05) is 27.2 Å². The van der Waals surface area contributed by atoms with Crippen LogP contribution in [0.2, 0.25) is 0 Å². The van der Waals surface area contributed by atoms with Crippen LogP contribution in [-0.2, 0) is 0 Å². The molecule has 1 fully saturated rings. The molecule has 17 heavy (non-hydrogen) atoms. The van der Waals surface area contributed by atoms with Gasteiger partial charge in [-0.25, -0.2) is 0 Å². The zero-order valence-electron chi connectivity index (χ0n) is 12.2. The molecule has 2 heteroatoms. The van der Waals surface area contributed by atoms with Gasteiger partial charge in [-0.05, 0) is 56.2 Å². The minimum Gasteiger partial charge on any atom is -0.303 e. The number of thiol groups is 1. The van der Waals surface area contributed by atoms with E-state index in [4.69, 9.17) is 0 Å². The van der Waals surface area contributed by atoms with Gasteiger partial charge < -0.3 is 4.90 Å². The van der Waals surface area contributed by atoms with Gasteiger partial charge in [0, 0.05) is 12.6 Å². The number of nitrogens with zero attached hydrogens (tertiary/aromatic N) is 1. The molecule has 1 aliphatic rings. The van der Waals surface area contributed by atoms with Crippen molar-refractivity contribution in [2.75, 3.05) is 19.3 Å². The Bertz CT molecular complexity index is 205. The molecule has 1 nitrogen and oxygen atoms in total. The topological polar surface area (TPSA) is 3.24 Å². The van der Waals surface area contributed by atoms with Crippen LogP contribution in [-0.4, -0.2) is 30.3 Å². The molecule has 0 aliphatic heterocycles. The van der Waals surface area contributed by atoms with Crippen LogP contribution in [0.25, 0.3) is 0 Å². The van der Waals surface area contributed by atoms with E-state index in [0.717, 1.165) is 17.7 Å². The van der Waals surface area contributed by atoms with Crippen LogP contribution >= 0.6 is 12.6 Å². The second-order valence-corrected chi connectivity index (χ2v) is 7.04. The van der Waals surface area contributed by atoms with Crippen LogP contribution in [0.5, 0.6) is 0 Å². The Labute approximate surface area is 114 Å². The molecule has 0 N–H and O–H groups in total. The largest absolute Gasteiger partial charge is 0.303 e. The van der Waals surface area contributed by atoms with Crippen molar-refractivity contribution in [3.8, 4) is 0 Å². The van der Waals surface area contributed by atoms with E-state index in [1.54, 1.807) is 0 Å². The Balaban J connectivity index is 2.35. The van der Waals surface area contributed by atoms with Crippen LogP contribution in [0.15, 0.2) is 0 Å². The second kappa shape index (κ2) is 7.04. The zero-order valence-corrected chi connectivity index (χ0v) is 13.1. The van der Waals surface area contributed by atoms with Gasteiger partial charge in [-0.3, -0.25) is 0 Å². The molecule has 1 saturated carbocycles. The van der Waals surface area contributed by atoms with Crippen LogP contribution < -0.4 is 0 Å². The maximum Gasteiger partial charge on any atom is 0.00927 e. The third kappa shape index (κ3) is 5.21. The molecule has 1 atom stereocenters. The molecule has 0 saturated heterocycles. The first-order valence-electron chi connectivity index (χ1n) is 7.29. The van der Waals surface area contributed by atoms with Crippen molar-refractivity contribution in [3.05, 3.63) is 0 Å². The molecule has 0 aromatic heterocycles. The predicted molar refractivity (Wildman–Crippen MR) is 80.9 cm³/mol. The zero-order chi connectivity index (χ0) is 12.9. The summed E-state index contributed by atoms with van der Waals surface area (Å²) in [5, 5.41) is 0. The van der Waals surface area contributed by atoms with Crippen LogP contribution in [0.3, 0.4) is 0 Å². The first kappa shape index (κ1) is 15.4. The summed E-state index contributed by atoms with van der Waals surface area (Å²) in [6.45, 7) is 8.34. The predicted octanol–water partition coefficient (Wildman–Crippen LogP) is 4.23. The molecule has 0 aromatic rings. The van der Waals surface area contributed by atoms with E-state index in [2.05, 4.69) is 45.3 Å². The van der Waals surface area contributed by atoms with Gasteiger partial charge in [0.1, 0.15) is 0 Å². The van der Waals surface area contributed by atoms with Crippen LogP contribution in [0.1, 0.15) is 59.3 Å². The lowest BCUT2D eigenvalue weighted by atomic mass is 9.75. The fraction of sp³-hybridized carbons (Fsp3) is 1.00. The number of hydrogen-bond acceptors (Lipinski definition) is 2.